The number of rotatable bonds is 4. The summed E-state index contributed by atoms with van der Waals surface area (Å²) in [4.78, 5) is 11.4. The number of H-pyrrole nitrogens is 1. The number of benzene rings is 1. The average Bonchev–Trinajstić information content (AvgIpc) is 2.40. The van der Waals surface area contributed by atoms with Gasteiger partial charge in [-0.25, -0.2) is 5.10 Å². The minimum absolute atomic E-state index is 0.140. The van der Waals surface area contributed by atoms with Gasteiger partial charge in [0.2, 0.25) is 0 Å². The lowest BCUT2D eigenvalue weighted by Crippen LogP contribution is -2.17. The van der Waals surface area contributed by atoms with E-state index in [2.05, 4.69) is 10.2 Å². The molecule has 1 aromatic heterocycles. The molecule has 5 heteroatoms. The topological polar surface area (TPSA) is 81.0 Å². The first-order valence-electron chi connectivity index (χ1n) is 6.16. The Morgan fingerprint density at radius 1 is 1.32 bits per heavy atom. The van der Waals surface area contributed by atoms with Gasteiger partial charge in [0.15, 0.2) is 0 Å². The number of nitrogens with one attached hydrogen (secondary N) is 1. The van der Waals surface area contributed by atoms with E-state index in [1.807, 2.05) is 38.1 Å². The molecule has 0 saturated carbocycles. The Morgan fingerprint density at radius 2 is 2.00 bits per heavy atom. The van der Waals surface area contributed by atoms with Crippen LogP contribution >= 0.6 is 0 Å². The first-order valence-corrected chi connectivity index (χ1v) is 6.16. The van der Waals surface area contributed by atoms with Crippen molar-refractivity contribution in [2.75, 3.05) is 0 Å². The number of nitrogens with two attached hydrogens (primary N) is 1. The smallest absolute Gasteiger partial charge is 0.268 e. The van der Waals surface area contributed by atoms with Crippen LogP contribution in [0, 0.1) is 0 Å². The van der Waals surface area contributed by atoms with Crippen LogP contribution in [-0.2, 0) is 6.54 Å². The fraction of sp³-hybridized carbons (Fsp3) is 0.286. The van der Waals surface area contributed by atoms with Crippen LogP contribution in [0.2, 0.25) is 0 Å². The molecule has 3 N–H and O–H groups in total. The molecular formula is C14H17N3O2. The third-order valence-electron chi connectivity index (χ3n) is 2.62. The minimum atomic E-state index is -0.244. The molecule has 0 bridgehead atoms. The molecule has 0 fully saturated rings. The van der Waals surface area contributed by atoms with Crippen molar-refractivity contribution in [3.8, 4) is 17.0 Å². The van der Waals surface area contributed by atoms with E-state index in [4.69, 9.17) is 10.5 Å². The Morgan fingerprint density at radius 3 is 2.58 bits per heavy atom. The quantitative estimate of drug-likeness (QED) is 0.875. The number of hydrogen-bond donors (Lipinski definition) is 2. The van der Waals surface area contributed by atoms with Gasteiger partial charge < -0.3 is 10.5 Å². The zero-order valence-corrected chi connectivity index (χ0v) is 11.0. The summed E-state index contributed by atoms with van der Waals surface area (Å²) in [6.07, 6.45) is 0.140. The summed E-state index contributed by atoms with van der Waals surface area (Å²) in [5.41, 5.74) is 7.38. The minimum Gasteiger partial charge on any atom is -0.491 e. The molecule has 5 nitrogen and oxygen atoms in total. The van der Waals surface area contributed by atoms with Crippen molar-refractivity contribution >= 4 is 0 Å². The Hall–Kier alpha value is -2.14. The molecule has 0 radical (unpaired) electrons. The van der Waals surface area contributed by atoms with E-state index in [0.717, 1.165) is 11.3 Å². The van der Waals surface area contributed by atoms with Crippen LogP contribution < -0.4 is 16.0 Å². The monoisotopic (exact) mass is 259 g/mol. The standard InChI is InChI=1S/C14H17N3O2/c1-9(2)19-12-5-3-10(4-6-12)13-7-11(8-15)14(18)17-16-13/h3-7,9H,8,15H2,1-2H3,(H,17,18). The van der Waals surface area contributed by atoms with E-state index in [1.54, 1.807) is 6.07 Å². The van der Waals surface area contributed by atoms with Gasteiger partial charge in [-0.2, -0.15) is 5.10 Å². The lowest BCUT2D eigenvalue weighted by molar-refractivity contribution is 0.242. The highest BCUT2D eigenvalue weighted by Gasteiger charge is 2.05. The molecule has 0 saturated heterocycles. The third-order valence-corrected chi connectivity index (χ3v) is 2.62. The maximum atomic E-state index is 11.4. The maximum absolute atomic E-state index is 11.4. The zero-order valence-electron chi connectivity index (χ0n) is 11.0. The van der Waals surface area contributed by atoms with Crippen molar-refractivity contribution in [2.24, 2.45) is 5.73 Å². The van der Waals surface area contributed by atoms with E-state index in [-0.39, 0.29) is 18.2 Å². The summed E-state index contributed by atoms with van der Waals surface area (Å²) in [6.45, 7) is 4.15. The van der Waals surface area contributed by atoms with Crippen molar-refractivity contribution < 1.29 is 4.74 Å². The summed E-state index contributed by atoms with van der Waals surface area (Å²) in [5, 5.41) is 6.46. The Balaban J connectivity index is 2.29. The van der Waals surface area contributed by atoms with Gasteiger partial charge in [-0.05, 0) is 44.2 Å². The summed E-state index contributed by atoms with van der Waals surface area (Å²) < 4.78 is 5.57. The second-order valence-electron chi connectivity index (χ2n) is 4.50. The van der Waals surface area contributed by atoms with E-state index >= 15 is 0 Å². The lowest BCUT2D eigenvalue weighted by atomic mass is 10.1. The molecule has 0 amide bonds. The maximum Gasteiger partial charge on any atom is 0.268 e. The predicted octanol–water partition coefficient (Wildman–Crippen LogP) is 1.68. The first-order chi connectivity index (χ1) is 9.10. The van der Waals surface area contributed by atoms with Crippen molar-refractivity contribution in [1.29, 1.82) is 0 Å². The summed E-state index contributed by atoms with van der Waals surface area (Å²) in [7, 11) is 0. The molecule has 1 aromatic carbocycles. The van der Waals surface area contributed by atoms with Crippen molar-refractivity contribution in [1.82, 2.24) is 10.2 Å². The zero-order chi connectivity index (χ0) is 13.8. The van der Waals surface area contributed by atoms with Crippen LogP contribution in [0.4, 0.5) is 0 Å². The van der Waals surface area contributed by atoms with Crippen LogP contribution in [0.1, 0.15) is 19.4 Å². The predicted molar refractivity (Wildman–Crippen MR) is 73.9 cm³/mol. The molecule has 1 heterocycles. The average molecular weight is 259 g/mol. The fourth-order valence-corrected chi connectivity index (χ4v) is 1.72. The molecule has 2 rings (SSSR count). The van der Waals surface area contributed by atoms with E-state index < -0.39 is 0 Å². The van der Waals surface area contributed by atoms with Crippen molar-refractivity contribution in [3.63, 3.8) is 0 Å². The normalized spacial score (nSPS) is 10.7. The highest BCUT2D eigenvalue weighted by Crippen LogP contribution is 2.20. The van der Waals surface area contributed by atoms with Crippen LogP contribution in [0.5, 0.6) is 5.75 Å². The van der Waals surface area contributed by atoms with E-state index in [1.165, 1.54) is 0 Å². The van der Waals surface area contributed by atoms with Gasteiger partial charge in [0.05, 0.1) is 11.8 Å². The summed E-state index contributed by atoms with van der Waals surface area (Å²) in [6, 6.07) is 9.27. The van der Waals surface area contributed by atoms with Gasteiger partial charge in [0, 0.05) is 17.7 Å². The largest absolute Gasteiger partial charge is 0.491 e. The highest BCUT2D eigenvalue weighted by atomic mass is 16.5. The van der Waals surface area contributed by atoms with Gasteiger partial charge in [-0.15, -0.1) is 0 Å². The Bertz CT molecular complexity index is 603. The second-order valence-corrected chi connectivity index (χ2v) is 4.50. The van der Waals surface area contributed by atoms with Crippen LogP contribution in [0.3, 0.4) is 0 Å². The molecule has 0 atom stereocenters. The van der Waals surface area contributed by atoms with Crippen LogP contribution in [-0.4, -0.2) is 16.3 Å². The van der Waals surface area contributed by atoms with Crippen LogP contribution in [0.25, 0.3) is 11.3 Å². The molecule has 100 valence electrons. The fourth-order valence-electron chi connectivity index (χ4n) is 1.72. The molecule has 0 aliphatic carbocycles. The molecular weight excluding hydrogens is 242 g/mol. The van der Waals surface area contributed by atoms with E-state index in [9.17, 15) is 4.79 Å². The van der Waals surface area contributed by atoms with Gasteiger partial charge in [-0.3, -0.25) is 4.79 Å². The molecule has 0 unspecified atom stereocenters. The van der Waals surface area contributed by atoms with Gasteiger partial charge >= 0.3 is 0 Å². The number of hydrogen-bond acceptors (Lipinski definition) is 4. The first kappa shape index (κ1) is 13.3. The number of aromatic nitrogens is 2. The molecule has 0 aliphatic heterocycles. The van der Waals surface area contributed by atoms with E-state index in [0.29, 0.717) is 11.3 Å². The SMILES string of the molecule is CC(C)Oc1ccc(-c2cc(CN)c(=O)[nH]n2)cc1. The molecule has 0 aliphatic rings. The highest BCUT2D eigenvalue weighted by molar-refractivity contribution is 5.60. The third kappa shape index (κ3) is 3.20. The van der Waals surface area contributed by atoms with Crippen LogP contribution in [0.15, 0.2) is 35.1 Å². The molecule has 2 aromatic rings. The molecule has 19 heavy (non-hydrogen) atoms. The van der Waals surface area contributed by atoms with Gasteiger partial charge in [0.1, 0.15) is 5.75 Å². The number of aromatic amines is 1. The summed E-state index contributed by atoms with van der Waals surface area (Å²) >= 11 is 0. The van der Waals surface area contributed by atoms with Crippen molar-refractivity contribution in [2.45, 2.75) is 26.5 Å². The lowest BCUT2D eigenvalue weighted by Gasteiger charge is -2.10. The Labute approximate surface area is 111 Å². The van der Waals surface area contributed by atoms with Crippen molar-refractivity contribution in [3.05, 3.63) is 46.2 Å². The van der Waals surface area contributed by atoms with Gasteiger partial charge in [0.25, 0.3) is 5.56 Å². The number of nitrogens with zero attached hydrogens (tertiary/aromatic N) is 1. The summed E-state index contributed by atoms with van der Waals surface area (Å²) in [5.74, 6) is 0.808. The van der Waals surface area contributed by atoms with Gasteiger partial charge in [-0.1, -0.05) is 0 Å². The Kier molecular flexibility index (Phi) is 3.97. The number of ether oxygens (including phenoxy) is 1. The second kappa shape index (κ2) is 5.67. The molecule has 0 spiro atoms.